The van der Waals surface area contributed by atoms with Crippen LogP contribution in [0.2, 0.25) is 0 Å². The Morgan fingerprint density at radius 3 is 2.41 bits per heavy atom. The Morgan fingerprint density at radius 2 is 1.88 bits per heavy atom. The first-order chi connectivity index (χ1) is 16.1. The van der Waals surface area contributed by atoms with E-state index in [1.54, 1.807) is 37.4 Å². The van der Waals surface area contributed by atoms with Crippen LogP contribution < -0.4 is 5.32 Å². The van der Waals surface area contributed by atoms with Gasteiger partial charge in [0.15, 0.2) is 5.69 Å². The lowest BCUT2D eigenvalue weighted by Gasteiger charge is -2.47. The van der Waals surface area contributed by atoms with E-state index in [2.05, 4.69) is 29.1 Å². The lowest BCUT2D eigenvalue weighted by Crippen LogP contribution is -2.38. The summed E-state index contributed by atoms with van der Waals surface area (Å²) in [5.41, 5.74) is 1.61. The highest BCUT2D eigenvalue weighted by Crippen LogP contribution is 2.51. The fourth-order valence-corrected chi connectivity index (χ4v) is 4.51. The van der Waals surface area contributed by atoms with Crippen LogP contribution in [-0.4, -0.2) is 27.1 Å². The number of alkyl halides is 3. The number of nitrogens with zero attached hydrogens (tertiary/aromatic N) is 3. The second-order valence-electron chi connectivity index (χ2n) is 9.37. The third-order valence-corrected chi connectivity index (χ3v) is 6.09. The Morgan fingerprint density at radius 1 is 1.18 bits per heavy atom. The number of nitrogens with one attached hydrogen (secondary N) is 1. The van der Waals surface area contributed by atoms with Gasteiger partial charge >= 0.3 is 12.1 Å². The van der Waals surface area contributed by atoms with Crippen LogP contribution in [-0.2, 0) is 10.9 Å². The molecule has 1 aliphatic carbocycles. The SMILES string of the molecule is CCOC(=O)c1ccc(C(Nc2ccc(-n3cnc(C(F)(F)F)c3)nc2)C2CC(C)(C)C2)cc1. The van der Waals surface area contributed by atoms with Crippen LogP contribution in [0, 0.1) is 11.3 Å². The Kier molecular flexibility index (Phi) is 6.38. The summed E-state index contributed by atoms with van der Waals surface area (Å²) in [5.74, 6) is 0.385. The Labute approximate surface area is 196 Å². The Bertz CT molecular complexity index is 1130. The lowest BCUT2D eigenvalue weighted by molar-refractivity contribution is -0.140. The van der Waals surface area contributed by atoms with Crippen molar-refractivity contribution in [2.45, 2.75) is 45.8 Å². The number of carbonyl (C=O) groups excluding carboxylic acids is 1. The second kappa shape index (κ2) is 9.12. The predicted molar refractivity (Wildman–Crippen MR) is 122 cm³/mol. The number of carbonyl (C=O) groups is 1. The molecular formula is C25H27F3N4O2. The number of benzene rings is 1. The molecule has 1 saturated carbocycles. The van der Waals surface area contributed by atoms with Gasteiger partial charge in [0.1, 0.15) is 12.1 Å². The van der Waals surface area contributed by atoms with Crippen molar-refractivity contribution in [3.05, 3.63) is 71.9 Å². The predicted octanol–water partition coefficient (Wildman–Crippen LogP) is 6.05. The highest BCUT2D eigenvalue weighted by molar-refractivity contribution is 5.89. The highest BCUT2D eigenvalue weighted by Gasteiger charge is 2.41. The van der Waals surface area contributed by atoms with Gasteiger partial charge in [-0.25, -0.2) is 14.8 Å². The summed E-state index contributed by atoms with van der Waals surface area (Å²) in [7, 11) is 0. The molecule has 1 aromatic carbocycles. The molecule has 9 heteroatoms. The van der Waals surface area contributed by atoms with Crippen molar-refractivity contribution in [3.8, 4) is 5.82 Å². The smallest absolute Gasteiger partial charge is 0.434 e. The van der Waals surface area contributed by atoms with E-state index >= 15 is 0 Å². The van der Waals surface area contributed by atoms with E-state index in [-0.39, 0.29) is 17.4 Å². The molecule has 34 heavy (non-hydrogen) atoms. The van der Waals surface area contributed by atoms with E-state index in [0.717, 1.165) is 36.6 Å². The molecule has 0 aliphatic heterocycles. The zero-order valence-corrected chi connectivity index (χ0v) is 19.3. The average Bonchev–Trinajstić information content (AvgIpc) is 3.28. The normalized spacial score (nSPS) is 16.5. The molecule has 1 unspecified atom stereocenters. The standard InChI is InChI=1S/C25H27F3N4O2/c1-4-34-23(33)17-7-5-16(6-8-17)22(18-11-24(2,3)12-18)31-19-9-10-21(29-13-19)32-14-20(30-15-32)25(26,27)28/h5-10,13-15,18,22,31H,4,11-12H2,1-3H3. The monoisotopic (exact) mass is 472 g/mol. The maximum absolute atomic E-state index is 12.8. The molecule has 3 aromatic rings. The summed E-state index contributed by atoms with van der Waals surface area (Å²) in [6, 6.07) is 10.8. The third kappa shape index (κ3) is 5.24. The molecule has 1 atom stereocenters. The minimum Gasteiger partial charge on any atom is -0.462 e. The van der Waals surface area contributed by atoms with E-state index in [1.165, 1.54) is 4.57 Å². The van der Waals surface area contributed by atoms with E-state index in [9.17, 15) is 18.0 Å². The summed E-state index contributed by atoms with van der Waals surface area (Å²) in [4.78, 5) is 19.7. The number of rotatable bonds is 7. The molecule has 0 saturated heterocycles. The molecule has 0 radical (unpaired) electrons. The van der Waals surface area contributed by atoms with Crippen LogP contribution in [0.1, 0.15) is 61.3 Å². The molecule has 0 spiro atoms. The third-order valence-electron chi connectivity index (χ3n) is 6.09. The number of esters is 1. The Hall–Kier alpha value is -3.36. The molecule has 0 amide bonds. The van der Waals surface area contributed by atoms with Crippen molar-refractivity contribution in [1.29, 1.82) is 0 Å². The van der Waals surface area contributed by atoms with Crippen LogP contribution in [0.25, 0.3) is 5.82 Å². The maximum Gasteiger partial charge on any atom is 0.434 e. The van der Waals surface area contributed by atoms with Gasteiger partial charge in [-0.3, -0.25) is 4.57 Å². The first-order valence-electron chi connectivity index (χ1n) is 11.2. The van der Waals surface area contributed by atoms with E-state index < -0.39 is 11.9 Å². The number of hydrogen-bond donors (Lipinski definition) is 1. The topological polar surface area (TPSA) is 69.0 Å². The Balaban J connectivity index is 1.53. The average molecular weight is 473 g/mol. The molecular weight excluding hydrogens is 445 g/mol. The fraction of sp³-hybridized carbons (Fsp3) is 0.400. The molecule has 1 N–H and O–H groups in total. The van der Waals surface area contributed by atoms with Gasteiger partial charge in [0.25, 0.3) is 0 Å². The molecule has 1 aliphatic rings. The quantitative estimate of drug-likeness (QED) is 0.424. The van der Waals surface area contributed by atoms with Crippen LogP contribution in [0.5, 0.6) is 0 Å². The minimum atomic E-state index is -4.50. The lowest BCUT2D eigenvalue weighted by atomic mass is 9.61. The minimum absolute atomic E-state index is 0.00185. The largest absolute Gasteiger partial charge is 0.462 e. The summed E-state index contributed by atoms with van der Waals surface area (Å²) >= 11 is 0. The summed E-state index contributed by atoms with van der Waals surface area (Å²) in [6.07, 6.45) is 1.21. The number of imidazole rings is 1. The number of aromatic nitrogens is 3. The molecule has 1 fully saturated rings. The van der Waals surface area contributed by atoms with Crippen molar-refractivity contribution >= 4 is 11.7 Å². The molecule has 6 nitrogen and oxygen atoms in total. The number of pyridine rings is 1. The van der Waals surface area contributed by atoms with E-state index in [4.69, 9.17) is 4.74 Å². The van der Waals surface area contributed by atoms with Gasteiger partial charge < -0.3 is 10.1 Å². The van der Waals surface area contributed by atoms with Crippen LogP contribution in [0.4, 0.5) is 18.9 Å². The van der Waals surface area contributed by atoms with Gasteiger partial charge in [0, 0.05) is 6.20 Å². The van der Waals surface area contributed by atoms with Crippen molar-refractivity contribution in [1.82, 2.24) is 14.5 Å². The highest BCUT2D eigenvalue weighted by atomic mass is 19.4. The first kappa shape index (κ1) is 23.8. The van der Waals surface area contributed by atoms with Crippen LogP contribution in [0.3, 0.4) is 0 Å². The van der Waals surface area contributed by atoms with Gasteiger partial charge in [-0.15, -0.1) is 0 Å². The van der Waals surface area contributed by atoms with Gasteiger partial charge in [0.2, 0.25) is 0 Å². The summed E-state index contributed by atoms with van der Waals surface area (Å²) in [5, 5.41) is 3.53. The van der Waals surface area contributed by atoms with Gasteiger partial charge in [-0.1, -0.05) is 26.0 Å². The summed E-state index contributed by atoms with van der Waals surface area (Å²) < 4.78 is 44.8. The number of ether oxygens (including phenoxy) is 1. The molecule has 4 rings (SSSR count). The molecule has 0 bridgehead atoms. The van der Waals surface area contributed by atoms with Crippen molar-refractivity contribution in [3.63, 3.8) is 0 Å². The molecule has 180 valence electrons. The van der Waals surface area contributed by atoms with Crippen molar-refractivity contribution in [2.75, 3.05) is 11.9 Å². The molecule has 2 heterocycles. The second-order valence-corrected chi connectivity index (χ2v) is 9.37. The van der Waals surface area contributed by atoms with Crippen LogP contribution in [0.15, 0.2) is 55.1 Å². The number of halogens is 3. The zero-order valence-electron chi connectivity index (χ0n) is 19.3. The van der Waals surface area contributed by atoms with E-state index in [0.29, 0.717) is 23.9 Å². The number of hydrogen-bond acceptors (Lipinski definition) is 5. The van der Waals surface area contributed by atoms with Crippen molar-refractivity contribution in [2.24, 2.45) is 11.3 Å². The van der Waals surface area contributed by atoms with Crippen molar-refractivity contribution < 1.29 is 22.7 Å². The van der Waals surface area contributed by atoms with Gasteiger partial charge in [-0.2, -0.15) is 13.2 Å². The molecule has 2 aromatic heterocycles. The van der Waals surface area contributed by atoms with Gasteiger partial charge in [0.05, 0.1) is 30.1 Å². The summed E-state index contributed by atoms with van der Waals surface area (Å²) in [6.45, 7) is 6.57. The van der Waals surface area contributed by atoms with E-state index in [1.807, 2.05) is 12.1 Å². The maximum atomic E-state index is 12.8. The fourth-order valence-electron chi connectivity index (χ4n) is 4.51. The van der Waals surface area contributed by atoms with Crippen LogP contribution >= 0.6 is 0 Å². The number of anilines is 1. The van der Waals surface area contributed by atoms with Gasteiger partial charge in [-0.05, 0) is 60.9 Å². The zero-order chi connectivity index (χ0) is 24.5. The first-order valence-corrected chi connectivity index (χ1v) is 11.2.